The second-order valence-electron chi connectivity index (χ2n) is 4.44. The molecule has 0 saturated heterocycles. The van der Waals surface area contributed by atoms with E-state index in [1.165, 1.54) is 19.3 Å². The number of hydrogen-bond donors (Lipinski definition) is 1. The molecule has 2 heteroatoms. The molecule has 0 aromatic rings. The van der Waals surface area contributed by atoms with Crippen LogP contribution in [0.4, 0.5) is 0 Å². The molecule has 1 N–H and O–H groups in total. The Morgan fingerprint density at radius 1 is 1.43 bits per heavy atom. The molecule has 14 heavy (non-hydrogen) atoms. The minimum Gasteiger partial charge on any atom is -0.359 e. The first-order valence-electron chi connectivity index (χ1n) is 5.93. The summed E-state index contributed by atoms with van der Waals surface area (Å²) >= 11 is 0. The molecule has 2 atom stereocenters. The Kier molecular flexibility index (Phi) is 3.97. The second-order valence-corrected chi connectivity index (χ2v) is 4.44. The predicted molar refractivity (Wildman–Crippen MR) is 59.0 cm³/mol. The Morgan fingerprint density at radius 3 is 2.64 bits per heavy atom. The molecule has 0 radical (unpaired) electrons. The van der Waals surface area contributed by atoms with Crippen molar-refractivity contribution >= 4 is 5.91 Å². The highest BCUT2D eigenvalue weighted by atomic mass is 16.2. The summed E-state index contributed by atoms with van der Waals surface area (Å²) in [6.45, 7) is 4.37. The van der Waals surface area contributed by atoms with Crippen molar-refractivity contribution in [3.05, 3.63) is 0 Å². The molecule has 1 saturated carbocycles. The summed E-state index contributed by atoms with van der Waals surface area (Å²) in [6.07, 6.45) is 6.97. The Balaban J connectivity index is 2.86. The summed E-state index contributed by atoms with van der Waals surface area (Å²) < 4.78 is 0. The summed E-state index contributed by atoms with van der Waals surface area (Å²) in [5.74, 6) is 0.868. The van der Waals surface area contributed by atoms with Crippen LogP contribution in [-0.4, -0.2) is 13.0 Å². The number of nitrogens with one attached hydrogen (secondary N) is 1. The van der Waals surface area contributed by atoms with Crippen molar-refractivity contribution in [2.24, 2.45) is 11.3 Å². The molecule has 1 aliphatic rings. The van der Waals surface area contributed by atoms with Crippen LogP contribution in [0.5, 0.6) is 0 Å². The van der Waals surface area contributed by atoms with E-state index in [0.717, 1.165) is 19.3 Å². The Hall–Kier alpha value is -0.530. The number of rotatable bonds is 3. The van der Waals surface area contributed by atoms with E-state index in [9.17, 15) is 4.79 Å². The van der Waals surface area contributed by atoms with E-state index in [-0.39, 0.29) is 11.3 Å². The van der Waals surface area contributed by atoms with E-state index >= 15 is 0 Å². The van der Waals surface area contributed by atoms with Crippen molar-refractivity contribution in [2.75, 3.05) is 7.05 Å². The molecule has 1 rings (SSSR count). The fourth-order valence-corrected chi connectivity index (χ4v) is 3.08. The van der Waals surface area contributed by atoms with E-state index in [4.69, 9.17) is 0 Å². The van der Waals surface area contributed by atoms with Gasteiger partial charge in [-0.2, -0.15) is 0 Å². The lowest BCUT2D eigenvalue weighted by Gasteiger charge is -2.41. The molecule has 1 aliphatic carbocycles. The summed E-state index contributed by atoms with van der Waals surface area (Å²) in [5, 5.41) is 2.85. The zero-order valence-corrected chi connectivity index (χ0v) is 9.73. The third-order valence-corrected chi connectivity index (χ3v) is 4.01. The van der Waals surface area contributed by atoms with Gasteiger partial charge in [-0.3, -0.25) is 4.79 Å². The largest absolute Gasteiger partial charge is 0.359 e. The van der Waals surface area contributed by atoms with Crippen LogP contribution in [-0.2, 0) is 4.79 Å². The molecular weight excluding hydrogens is 174 g/mol. The molecule has 82 valence electrons. The maximum absolute atomic E-state index is 12.0. The van der Waals surface area contributed by atoms with Gasteiger partial charge in [-0.05, 0) is 25.2 Å². The van der Waals surface area contributed by atoms with E-state index in [0.29, 0.717) is 5.92 Å². The summed E-state index contributed by atoms with van der Waals surface area (Å²) in [5.41, 5.74) is -0.0538. The minimum atomic E-state index is -0.0538. The van der Waals surface area contributed by atoms with Gasteiger partial charge in [-0.1, -0.05) is 33.1 Å². The van der Waals surface area contributed by atoms with Gasteiger partial charge in [0.25, 0.3) is 0 Å². The first kappa shape index (κ1) is 11.5. The van der Waals surface area contributed by atoms with Crippen molar-refractivity contribution < 1.29 is 4.79 Å². The number of amides is 1. The van der Waals surface area contributed by atoms with Crippen LogP contribution in [0, 0.1) is 11.3 Å². The number of carbonyl (C=O) groups is 1. The SMILES string of the molecule is CCC1CCCCC1(CC)C(=O)NC. The van der Waals surface area contributed by atoms with Crippen LogP contribution in [0.3, 0.4) is 0 Å². The van der Waals surface area contributed by atoms with E-state index in [1.807, 2.05) is 0 Å². The molecule has 0 aromatic heterocycles. The maximum Gasteiger partial charge on any atom is 0.226 e. The number of carbonyl (C=O) groups excluding carboxylic acids is 1. The fourth-order valence-electron chi connectivity index (χ4n) is 3.08. The molecule has 1 fully saturated rings. The summed E-state index contributed by atoms with van der Waals surface area (Å²) in [7, 11) is 1.76. The van der Waals surface area contributed by atoms with Crippen molar-refractivity contribution in [1.82, 2.24) is 5.32 Å². The van der Waals surface area contributed by atoms with E-state index in [1.54, 1.807) is 7.05 Å². The highest BCUT2D eigenvalue weighted by molar-refractivity contribution is 5.82. The predicted octanol–water partition coefficient (Wildman–Crippen LogP) is 2.73. The lowest BCUT2D eigenvalue weighted by Crippen LogP contribution is -2.46. The molecule has 0 bridgehead atoms. The topological polar surface area (TPSA) is 29.1 Å². The third kappa shape index (κ3) is 1.79. The highest BCUT2D eigenvalue weighted by Gasteiger charge is 2.43. The van der Waals surface area contributed by atoms with Gasteiger partial charge >= 0.3 is 0 Å². The minimum absolute atomic E-state index is 0.0538. The van der Waals surface area contributed by atoms with Gasteiger partial charge in [0.1, 0.15) is 0 Å². The van der Waals surface area contributed by atoms with Crippen LogP contribution in [0.1, 0.15) is 52.4 Å². The normalized spacial score (nSPS) is 32.6. The van der Waals surface area contributed by atoms with Gasteiger partial charge in [-0.25, -0.2) is 0 Å². The number of hydrogen-bond acceptors (Lipinski definition) is 1. The van der Waals surface area contributed by atoms with Crippen LogP contribution >= 0.6 is 0 Å². The lowest BCUT2D eigenvalue weighted by atomic mass is 9.63. The van der Waals surface area contributed by atoms with Gasteiger partial charge in [0.05, 0.1) is 5.41 Å². The zero-order valence-electron chi connectivity index (χ0n) is 9.73. The van der Waals surface area contributed by atoms with Gasteiger partial charge in [0.15, 0.2) is 0 Å². The van der Waals surface area contributed by atoms with E-state index < -0.39 is 0 Å². The highest BCUT2D eigenvalue weighted by Crippen LogP contribution is 2.45. The Bertz CT molecular complexity index is 202. The fraction of sp³-hybridized carbons (Fsp3) is 0.917. The molecule has 0 aromatic carbocycles. The molecule has 0 spiro atoms. The summed E-state index contributed by atoms with van der Waals surface area (Å²) in [6, 6.07) is 0. The average Bonchev–Trinajstić information content (AvgIpc) is 2.27. The van der Waals surface area contributed by atoms with Gasteiger partial charge < -0.3 is 5.32 Å². The smallest absolute Gasteiger partial charge is 0.226 e. The van der Waals surface area contributed by atoms with Crippen LogP contribution in [0.25, 0.3) is 0 Å². The molecule has 0 heterocycles. The van der Waals surface area contributed by atoms with Gasteiger partial charge in [0.2, 0.25) is 5.91 Å². The monoisotopic (exact) mass is 197 g/mol. The average molecular weight is 197 g/mol. The maximum atomic E-state index is 12.0. The third-order valence-electron chi connectivity index (χ3n) is 4.01. The van der Waals surface area contributed by atoms with Crippen molar-refractivity contribution in [1.29, 1.82) is 0 Å². The summed E-state index contributed by atoms with van der Waals surface area (Å²) in [4.78, 5) is 12.0. The lowest BCUT2D eigenvalue weighted by molar-refractivity contribution is -0.136. The van der Waals surface area contributed by atoms with Crippen LogP contribution in [0.2, 0.25) is 0 Å². The van der Waals surface area contributed by atoms with Crippen molar-refractivity contribution in [3.63, 3.8) is 0 Å². The van der Waals surface area contributed by atoms with Crippen LogP contribution < -0.4 is 5.32 Å². The van der Waals surface area contributed by atoms with Gasteiger partial charge in [-0.15, -0.1) is 0 Å². The van der Waals surface area contributed by atoms with Crippen LogP contribution in [0.15, 0.2) is 0 Å². The second kappa shape index (κ2) is 4.81. The Morgan fingerprint density at radius 2 is 2.14 bits per heavy atom. The first-order valence-corrected chi connectivity index (χ1v) is 5.93. The molecule has 1 amide bonds. The van der Waals surface area contributed by atoms with Crippen molar-refractivity contribution in [2.45, 2.75) is 52.4 Å². The molecule has 2 nitrogen and oxygen atoms in total. The van der Waals surface area contributed by atoms with Crippen molar-refractivity contribution in [3.8, 4) is 0 Å². The molecule has 0 aliphatic heterocycles. The first-order chi connectivity index (χ1) is 6.71. The molecular formula is C12H23NO. The quantitative estimate of drug-likeness (QED) is 0.740. The Labute approximate surface area is 87.5 Å². The molecule has 2 unspecified atom stereocenters. The van der Waals surface area contributed by atoms with Gasteiger partial charge in [0, 0.05) is 7.05 Å². The standard InChI is InChI=1S/C12H23NO/c1-4-10-8-6-7-9-12(10,5-2)11(14)13-3/h10H,4-9H2,1-3H3,(H,13,14). The van der Waals surface area contributed by atoms with E-state index in [2.05, 4.69) is 19.2 Å². The zero-order chi connectivity index (χ0) is 10.6.